The lowest BCUT2D eigenvalue weighted by Gasteiger charge is -2.18. The molecule has 19 heavy (non-hydrogen) atoms. The molecule has 5 heteroatoms. The van der Waals surface area contributed by atoms with Crippen LogP contribution in [-0.4, -0.2) is 17.0 Å². The normalized spacial score (nSPS) is 17.8. The first kappa shape index (κ1) is 15.1. The van der Waals surface area contributed by atoms with Gasteiger partial charge < -0.3 is 0 Å². The zero-order chi connectivity index (χ0) is 13.7. The van der Waals surface area contributed by atoms with Crippen molar-refractivity contribution in [3.05, 3.63) is 34.6 Å². The van der Waals surface area contributed by atoms with E-state index in [0.29, 0.717) is 6.42 Å². The molecule has 0 bridgehead atoms. The summed E-state index contributed by atoms with van der Waals surface area (Å²) in [4.78, 5) is 0. The van der Waals surface area contributed by atoms with Crippen molar-refractivity contribution >= 4 is 23.4 Å². The lowest BCUT2D eigenvalue weighted by atomic mass is 10.1. The molecule has 2 nitrogen and oxygen atoms in total. The molecule has 0 amide bonds. The van der Waals surface area contributed by atoms with E-state index >= 15 is 0 Å². The van der Waals surface area contributed by atoms with Gasteiger partial charge in [-0.3, -0.25) is 11.3 Å². The summed E-state index contributed by atoms with van der Waals surface area (Å²) < 4.78 is 13.4. The Bertz CT molecular complexity index is 410. The number of nitrogens with one attached hydrogen (secondary N) is 1. The first-order valence-corrected chi connectivity index (χ1v) is 8.14. The molecule has 3 N–H and O–H groups in total. The van der Waals surface area contributed by atoms with Crippen molar-refractivity contribution in [1.29, 1.82) is 0 Å². The molecule has 1 aromatic carbocycles. The summed E-state index contributed by atoms with van der Waals surface area (Å²) in [6, 6.07) is 5.05. The van der Waals surface area contributed by atoms with Crippen LogP contribution in [0.25, 0.3) is 0 Å². The molecule has 2 rings (SSSR count). The molecular formula is C14H20ClFN2S. The van der Waals surface area contributed by atoms with Crippen LogP contribution in [0, 0.1) is 5.82 Å². The van der Waals surface area contributed by atoms with Crippen LogP contribution >= 0.6 is 23.4 Å². The number of hydrazine groups is 1. The molecule has 1 aliphatic rings. The van der Waals surface area contributed by atoms with Gasteiger partial charge in [-0.15, -0.1) is 0 Å². The minimum atomic E-state index is -0.363. The zero-order valence-corrected chi connectivity index (χ0v) is 12.4. The average molecular weight is 303 g/mol. The van der Waals surface area contributed by atoms with Crippen LogP contribution in [0.1, 0.15) is 31.2 Å². The van der Waals surface area contributed by atoms with E-state index in [4.69, 9.17) is 17.4 Å². The Labute approximate surface area is 123 Å². The number of halogens is 2. The summed E-state index contributed by atoms with van der Waals surface area (Å²) in [5, 5.41) is 0.979. The van der Waals surface area contributed by atoms with Crippen LogP contribution in [0.4, 0.5) is 4.39 Å². The fourth-order valence-electron chi connectivity index (χ4n) is 2.44. The molecule has 106 valence electrons. The predicted octanol–water partition coefficient (Wildman–Crippen LogP) is 3.53. The standard InChI is InChI=1S/C14H20ClFN2S/c15-14-10(4-3-7-13(14)16)8-11(18-17)9-19-12-5-1-2-6-12/h3-4,7,11-12,18H,1-2,5-6,8-9,17H2. The lowest BCUT2D eigenvalue weighted by molar-refractivity contribution is 0.570. The predicted molar refractivity (Wildman–Crippen MR) is 80.9 cm³/mol. The van der Waals surface area contributed by atoms with E-state index < -0.39 is 0 Å². The molecule has 1 fully saturated rings. The highest BCUT2D eigenvalue weighted by molar-refractivity contribution is 7.99. The third kappa shape index (κ3) is 4.35. The largest absolute Gasteiger partial charge is 0.271 e. The van der Waals surface area contributed by atoms with Crippen molar-refractivity contribution in [2.24, 2.45) is 5.84 Å². The number of hydrogen-bond acceptors (Lipinski definition) is 3. The van der Waals surface area contributed by atoms with Gasteiger partial charge in [0.05, 0.1) is 5.02 Å². The Balaban J connectivity index is 1.88. The van der Waals surface area contributed by atoms with Crippen molar-refractivity contribution in [2.75, 3.05) is 5.75 Å². The summed E-state index contributed by atoms with van der Waals surface area (Å²) >= 11 is 7.94. The number of hydrogen-bond donors (Lipinski definition) is 2. The van der Waals surface area contributed by atoms with Gasteiger partial charge in [0, 0.05) is 17.0 Å². The number of nitrogens with two attached hydrogens (primary N) is 1. The van der Waals surface area contributed by atoms with E-state index in [1.807, 2.05) is 17.8 Å². The van der Waals surface area contributed by atoms with E-state index in [-0.39, 0.29) is 16.9 Å². The van der Waals surface area contributed by atoms with Gasteiger partial charge in [-0.05, 0) is 30.9 Å². The molecule has 0 spiro atoms. The lowest BCUT2D eigenvalue weighted by Crippen LogP contribution is -2.39. The topological polar surface area (TPSA) is 38.0 Å². The quantitative estimate of drug-likeness (QED) is 0.623. The second-order valence-corrected chi connectivity index (χ2v) is 6.73. The van der Waals surface area contributed by atoms with E-state index in [1.54, 1.807) is 6.07 Å². The molecule has 1 atom stereocenters. The fraction of sp³-hybridized carbons (Fsp3) is 0.571. The molecule has 1 aliphatic carbocycles. The Morgan fingerprint density at radius 3 is 2.84 bits per heavy atom. The number of benzene rings is 1. The second kappa shape index (κ2) is 7.48. The molecule has 0 aliphatic heterocycles. The van der Waals surface area contributed by atoms with Gasteiger partial charge in [-0.2, -0.15) is 11.8 Å². The van der Waals surface area contributed by atoms with Crippen LogP contribution in [-0.2, 0) is 6.42 Å². The summed E-state index contributed by atoms with van der Waals surface area (Å²) in [6.07, 6.45) is 5.96. The average Bonchev–Trinajstić information content (AvgIpc) is 2.92. The second-order valence-electron chi connectivity index (χ2n) is 5.02. The van der Waals surface area contributed by atoms with Gasteiger partial charge in [0.2, 0.25) is 0 Å². The highest BCUT2D eigenvalue weighted by Gasteiger charge is 2.18. The summed E-state index contributed by atoms with van der Waals surface area (Å²) in [7, 11) is 0. The molecule has 1 unspecified atom stereocenters. The highest BCUT2D eigenvalue weighted by Crippen LogP contribution is 2.30. The van der Waals surface area contributed by atoms with Crippen LogP contribution in [0.3, 0.4) is 0 Å². The number of rotatable bonds is 6. The minimum Gasteiger partial charge on any atom is -0.271 e. The highest BCUT2D eigenvalue weighted by atomic mass is 35.5. The van der Waals surface area contributed by atoms with Crippen LogP contribution in [0.2, 0.25) is 5.02 Å². The Kier molecular flexibility index (Phi) is 5.95. The first-order valence-electron chi connectivity index (χ1n) is 6.71. The third-order valence-corrected chi connectivity index (χ3v) is 5.53. The van der Waals surface area contributed by atoms with E-state index in [2.05, 4.69) is 5.43 Å². The molecule has 0 radical (unpaired) electrons. The summed E-state index contributed by atoms with van der Waals surface area (Å²) in [5.74, 6) is 6.17. The molecule has 0 aromatic heterocycles. The minimum absolute atomic E-state index is 0.130. The van der Waals surface area contributed by atoms with Crippen molar-refractivity contribution in [1.82, 2.24) is 5.43 Å². The maximum Gasteiger partial charge on any atom is 0.142 e. The Hall–Kier alpha value is -0.290. The van der Waals surface area contributed by atoms with Gasteiger partial charge in [-0.1, -0.05) is 36.6 Å². The molecule has 0 saturated heterocycles. The first-order chi connectivity index (χ1) is 9.20. The van der Waals surface area contributed by atoms with Crippen LogP contribution < -0.4 is 11.3 Å². The van der Waals surface area contributed by atoms with E-state index in [0.717, 1.165) is 16.6 Å². The van der Waals surface area contributed by atoms with Gasteiger partial charge in [0.25, 0.3) is 0 Å². The Morgan fingerprint density at radius 1 is 1.42 bits per heavy atom. The maximum atomic E-state index is 13.4. The zero-order valence-electron chi connectivity index (χ0n) is 10.9. The summed E-state index contributed by atoms with van der Waals surface area (Å²) in [5.41, 5.74) is 3.64. The molecule has 1 saturated carbocycles. The van der Waals surface area contributed by atoms with Crippen LogP contribution in [0.15, 0.2) is 18.2 Å². The van der Waals surface area contributed by atoms with E-state index in [9.17, 15) is 4.39 Å². The van der Waals surface area contributed by atoms with Crippen molar-refractivity contribution < 1.29 is 4.39 Å². The van der Waals surface area contributed by atoms with E-state index in [1.165, 1.54) is 31.7 Å². The van der Waals surface area contributed by atoms with Gasteiger partial charge >= 0.3 is 0 Å². The molecular weight excluding hydrogens is 283 g/mol. The SMILES string of the molecule is NNC(CSC1CCCC1)Cc1cccc(F)c1Cl. The van der Waals surface area contributed by atoms with Crippen molar-refractivity contribution in [2.45, 2.75) is 43.4 Å². The monoisotopic (exact) mass is 302 g/mol. The fourth-order valence-corrected chi connectivity index (χ4v) is 4.03. The summed E-state index contributed by atoms with van der Waals surface area (Å²) in [6.45, 7) is 0. The molecule has 1 aromatic rings. The smallest absolute Gasteiger partial charge is 0.142 e. The molecule has 0 heterocycles. The number of thioether (sulfide) groups is 1. The maximum absolute atomic E-state index is 13.4. The Morgan fingerprint density at radius 2 is 2.16 bits per heavy atom. The van der Waals surface area contributed by atoms with Crippen molar-refractivity contribution in [3.8, 4) is 0 Å². The van der Waals surface area contributed by atoms with Gasteiger partial charge in [-0.25, -0.2) is 4.39 Å². The van der Waals surface area contributed by atoms with Gasteiger partial charge in [0.15, 0.2) is 0 Å². The van der Waals surface area contributed by atoms with Gasteiger partial charge in [0.1, 0.15) is 5.82 Å². The van der Waals surface area contributed by atoms with Crippen molar-refractivity contribution in [3.63, 3.8) is 0 Å². The third-order valence-electron chi connectivity index (χ3n) is 3.57. The van der Waals surface area contributed by atoms with Crippen LogP contribution in [0.5, 0.6) is 0 Å².